The first-order valence-corrected chi connectivity index (χ1v) is 5.57. The van der Waals surface area contributed by atoms with Crippen molar-refractivity contribution in [2.24, 2.45) is 0 Å². The Kier molecular flexibility index (Phi) is 6.39. The first kappa shape index (κ1) is 13.0. The maximum atomic E-state index is 11.8. The van der Waals surface area contributed by atoms with Crippen molar-refractivity contribution < 1.29 is 26.3 Å². The van der Waals surface area contributed by atoms with Crippen LogP contribution in [0, 0.1) is 0 Å². The minimum Gasteiger partial charge on any atom is -0.389 e. The van der Waals surface area contributed by atoms with E-state index in [-0.39, 0.29) is 13.0 Å². The average molecular weight is 216 g/mol. The summed E-state index contributed by atoms with van der Waals surface area (Å²) < 4.78 is 49.3. The van der Waals surface area contributed by atoms with E-state index in [4.69, 9.17) is 4.65 Å². The molecule has 0 rings (SSSR count). The van der Waals surface area contributed by atoms with Crippen LogP contribution in [0.4, 0.5) is 12.3 Å². The SMILES string of the molecule is COB(OC)OCCC[Si](F)(F)F. The molecular weight excluding hydrogens is 204 g/mol. The van der Waals surface area contributed by atoms with E-state index < -0.39 is 22.4 Å². The largest absolute Gasteiger partial charge is 0.639 e. The molecule has 0 saturated heterocycles. The molecule has 78 valence electrons. The van der Waals surface area contributed by atoms with Gasteiger partial charge in [0.05, 0.1) is 0 Å². The Morgan fingerprint density at radius 1 is 1.15 bits per heavy atom. The quantitative estimate of drug-likeness (QED) is 0.367. The van der Waals surface area contributed by atoms with E-state index in [1.807, 2.05) is 0 Å². The molecule has 0 aromatic carbocycles. The van der Waals surface area contributed by atoms with Crippen molar-refractivity contribution in [2.45, 2.75) is 12.5 Å². The van der Waals surface area contributed by atoms with Gasteiger partial charge in [0.15, 0.2) is 0 Å². The smallest absolute Gasteiger partial charge is 0.389 e. The molecule has 0 aromatic rings. The zero-order valence-electron chi connectivity index (χ0n) is 7.56. The van der Waals surface area contributed by atoms with Gasteiger partial charge < -0.3 is 14.0 Å². The van der Waals surface area contributed by atoms with E-state index in [0.29, 0.717) is 0 Å². The van der Waals surface area contributed by atoms with Gasteiger partial charge in [-0.1, -0.05) is 0 Å². The summed E-state index contributed by atoms with van der Waals surface area (Å²) in [6, 6.07) is -0.715. The lowest BCUT2D eigenvalue weighted by molar-refractivity contribution is 0.135. The second-order valence-electron chi connectivity index (χ2n) is 2.35. The van der Waals surface area contributed by atoms with Crippen LogP contribution in [0.1, 0.15) is 6.42 Å². The van der Waals surface area contributed by atoms with Gasteiger partial charge in [-0.15, -0.1) is 0 Å². The molecule has 0 saturated carbocycles. The van der Waals surface area contributed by atoms with Gasteiger partial charge in [0, 0.05) is 26.9 Å². The summed E-state index contributed by atoms with van der Waals surface area (Å²) in [7, 11) is -3.57. The maximum Gasteiger partial charge on any atom is 0.639 e. The van der Waals surface area contributed by atoms with Crippen molar-refractivity contribution >= 4 is 16.4 Å². The monoisotopic (exact) mass is 216 g/mol. The molecule has 0 N–H and O–H groups in total. The summed E-state index contributed by atoms with van der Waals surface area (Å²) in [6.45, 7) is -0.00113. The minimum atomic E-state index is -5.41. The highest BCUT2D eigenvalue weighted by Crippen LogP contribution is 2.16. The second-order valence-corrected chi connectivity index (χ2v) is 4.08. The van der Waals surface area contributed by atoms with Crippen LogP contribution in [0.2, 0.25) is 6.04 Å². The topological polar surface area (TPSA) is 27.7 Å². The van der Waals surface area contributed by atoms with E-state index in [1.165, 1.54) is 14.2 Å². The van der Waals surface area contributed by atoms with Crippen LogP contribution in [0.15, 0.2) is 0 Å². The first-order chi connectivity index (χ1) is 5.99. The highest BCUT2D eigenvalue weighted by molar-refractivity contribution is 6.58. The Bertz CT molecular complexity index is 131. The number of hydrogen-bond acceptors (Lipinski definition) is 3. The zero-order valence-corrected chi connectivity index (χ0v) is 8.56. The molecular formula is C5H12BF3O3Si. The van der Waals surface area contributed by atoms with Crippen molar-refractivity contribution in [1.29, 1.82) is 0 Å². The third kappa shape index (κ3) is 8.29. The lowest BCUT2D eigenvalue weighted by Gasteiger charge is -2.08. The van der Waals surface area contributed by atoms with Gasteiger partial charge >= 0.3 is 16.4 Å². The number of halogens is 3. The van der Waals surface area contributed by atoms with E-state index in [9.17, 15) is 12.3 Å². The number of rotatable bonds is 7. The lowest BCUT2D eigenvalue weighted by atomic mass is 10.2. The van der Waals surface area contributed by atoms with Crippen molar-refractivity contribution in [3.05, 3.63) is 0 Å². The van der Waals surface area contributed by atoms with Crippen molar-refractivity contribution in [2.75, 3.05) is 20.8 Å². The highest BCUT2D eigenvalue weighted by atomic mass is 28.5. The summed E-state index contributed by atoms with van der Waals surface area (Å²) in [5.41, 5.74) is 0. The molecule has 0 aromatic heterocycles. The minimum absolute atomic E-state index is 0.00113. The number of hydrogen-bond donors (Lipinski definition) is 0. The standard InChI is InChI=1S/C5H12BF3O3Si/c1-10-6(11-2)12-4-3-5-13(7,8)9/h3-5H2,1-2H3. The molecule has 0 aliphatic rings. The molecule has 0 spiro atoms. The van der Waals surface area contributed by atoms with Gasteiger partial charge in [-0.25, -0.2) is 12.3 Å². The molecule has 3 nitrogen and oxygen atoms in total. The van der Waals surface area contributed by atoms with Crippen LogP contribution < -0.4 is 0 Å². The van der Waals surface area contributed by atoms with Crippen LogP contribution in [-0.4, -0.2) is 37.2 Å². The van der Waals surface area contributed by atoms with Crippen LogP contribution >= 0.6 is 0 Å². The third-order valence-electron chi connectivity index (χ3n) is 1.24. The van der Waals surface area contributed by atoms with Crippen molar-refractivity contribution in [3.63, 3.8) is 0 Å². The van der Waals surface area contributed by atoms with Gasteiger partial charge in [-0.2, -0.15) is 0 Å². The molecule has 0 radical (unpaired) electrons. The molecule has 0 heterocycles. The Labute approximate surface area is 76.9 Å². The lowest BCUT2D eigenvalue weighted by Crippen LogP contribution is -2.25. The summed E-state index contributed by atoms with van der Waals surface area (Å²) in [5, 5.41) is 0. The molecule has 0 aliphatic carbocycles. The maximum absolute atomic E-state index is 11.8. The molecule has 8 heteroatoms. The fourth-order valence-corrected chi connectivity index (χ4v) is 1.23. The predicted molar refractivity (Wildman–Crippen MR) is 44.2 cm³/mol. The average Bonchev–Trinajstić information content (AvgIpc) is 2.03. The molecule has 0 amide bonds. The molecule has 0 aliphatic heterocycles. The van der Waals surface area contributed by atoms with E-state index in [1.54, 1.807) is 0 Å². The Morgan fingerprint density at radius 3 is 2.08 bits per heavy atom. The fourth-order valence-electron chi connectivity index (χ4n) is 0.684. The van der Waals surface area contributed by atoms with E-state index in [0.717, 1.165) is 0 Å². The van der Waals surface area contributed by atoms with Crippen molar-refractivity contribution in [1.82, 2.24) is 0 Å². The van der Waals surface area contributed by atoms with Gasteiger partial charge in [-0.05, 0) is 6.42 Å². The predicted octanol–water partition coefficient (Wildman–Crippen LogP) is 1.52. The van der Waals surface area contributed by atoms with Crippen LogP contribution in [0.5, 0.6) is 0 Å². The van der Waals surface area contributed by atoms with E-state index >= 15 is 0 Å². The second kappa shape index (κ2) is 6.41. The van der Waals surface area contributed by atoms with E-state index in [2.05, 4.69) is 9.31 Å². The molecule has 0 atom stereocenters. The Morgan fingerprint density at radius 2 is 1.69 bits per heavy atom. The molecule has 0 unspecified atom stereocenters. The molecule has 0 bridgehead atoms. The van der Waals surface area contributed by atoms with Crippen LogP contribution in [0.3, 0.4) is 0 Å². The van der Waals surface area contributed by atoms with Crippen LogP contribution in [0.25, 0.3) is 0 Å². The van der Waals surface area contributed by atoms with Crippen LogP contribution in [-0.2, 0) is 14.0 Å². The Balaban J connectivity index is 3.34. The fraction of sp³-hybridized carbons (Fsp3) is 1.00. The Hall–Kier alpha value is -0.0482. The summed E-state index contributed by atoms with van der Waals surface area (Å²) in [6.07, 6.45) is -0.0288. The highest BCUT2D eigenvalue weighted by Gasteiger charge is 2.35. The third-order valence-corrected chi connectivity index (χ3v) is 2.16. The summed E-state index contributed by atoms with van der Waals surface area (Å²) in [4.78, 5) is 0. The van der Waals surface area contributed by atoms with Gasteiger partial charge in [0.1, 0.15) is 0 Å². The zero-order chi connectivity index (χ0) is 10.3. The summed E-state index contributed by atoms with van der Waals surface area (Å²) >= 11 is 0. The van der Waals surface area contributed by atoms with Gasteiger partial charge in [0.25, 0.3) is 0 Å². The molecule has 13 heavy (non-hydrogen) atoms. The van der Waals surface area contributed by atoms with Gasteiger partial charge in [0.2, 0.25) is 0 Å². The molecule has 0 fully saturated rings. The van der Waals surface area contributed by atoms with Gasteiger partial charge in [-0.3, -0.25) is 0 Å². The first-order valence-electron chi connectivity index (χ1n) is 3.73. The van der Waals surface area contributed by atoms with Crippen molar-refractivity contribution in [3.8, 4) is 0 Å². The summed E-state index contributed by atoms with van der Waals surface area (Å²) in [5.74, 6) is 0. The normalized spacial score (nSPS) is 11.8.